The van der Waals surface area contributed by atoms with E-state index in [1.807, 2.05) is 12.1 Å². The van der Waals surface area contributed by atoms with Gasteiger partial charge in [0.2, 0.25) is 11.8 Å². The first-order valence-electron chi connectivity index (χ1n) is 5.24. The second-order valence-electron chi connectivity index (χ2n) is 3.57. The number of methoxy groups -OCH3 is 1. The lowest BCUT2D eigenvalue weighted by molar-refractivity contribution is 0.0235. The average Bonchev–Trinajstić information content (AvgIpc) is 2.33. The summed E-state index contributed by atoms with van der Waals surface area (Å²) >= 11 is 3.35. The van der Waals surface area contributed by atoms with Gasteiger partial charge in [0.05, 0.1) is 24.8 Å². The van der Waals surface area contributed by atoms with Gasteiger partial charge in [-0.25, -0.2) is 0 Å². The van der Waals surface area contributed by atoms with Gasteiger partial charge in [0.15, 0.2) is 0 Å². The van der Waals surface area contributed by atoms with E-state index < -0.39 is 0 Å². The molecular weight excluding hydrogens is 274 g/mol. The van der Waals surface area contributed by atoms with Crippen molar-refractivity contribution in [3.63, 3.8) is 0 Å². The molecule has 2 rings (SSSR count). The molecule has 1 saturated heterocycles. The second-order valence-corrected chi connectivity index (χ2v) is 4.42. The number of rotatable bonds is 3. The summed E-state index contributed by atoms with van der Waals surface area (Å²) in [5.41, 5.74) is 0. The summed E-state index contributed by atoms with van der Waals surface area (Å²) in [4.78, 5) is 4.25. The highest BCUT2D eigenvalue weighted by molar-refractivity contribution is 9.10. The monoisotopic (exact) mass is 287 g/mol. The summed E-state index contributed by atoms with van der Waals surface area (Å²) in [5.74, 6) is 1.15. The maximum atomic E-state index is 5.76. The largest absolute Gasteiger partial charge is 0.480 e. The summed E-state index contributed by atoms with van der Waals surface area (Å²) in [6.07, 6.45) is 2.03. The van der Waals surface area contributed by atoms with Gasteiger partial charge in [0.1, 0.15) is 6.10 Å². The van der Waals surface area contributed by atoms with Crippen LogP contribution in [0.5, 0.6) is 11.8 Å². The standard InChI is InChI=1S/C11H14BrNO3/c1-14-11-9(12)2-3-10(13-11)16-8-4-6-15-7-5-8/h2-3,8H,4-7H2,1H3. The van der Waals surface area contributed by atoms with E-state index in [9.17, 15) is 0 Å². The van der Waals surface area contributed by atoms with Crippen LogP contribution in [0.2, 0.25) is 0 Å². The SMILES string of the molecule is COc1nc(OC2CCOCC2)ccc1Br. The normalized spacial score (nSPS) is 17.1. The number of hydrogen-bond donors (Lipinski definition) is 0. The van der Waals surface area contributed by atoms with Gasteiger partial charge in [-0.05, 0) is 22.0 Å². The minimum absolute atomic E-state index is 0.201. The van der Waals surface area contributed by atoms with E-state index in [1.165, 1.54) is 0 Å². The molecule has 0 unspecified atom stereocenters. The Balaban J connectivity index is 2.03. The molecule has 0 N–H and O–H groups in total. The molecule has 1 aliphatic heterocycles. The maximum absolute atomic E-state index is 5.76. The zero-order valence-electron chi connectivity index (χ0n) is 9.11. The molecule has 0 saturated carbocycles. The van der Waals surface area contributed by atoms with E-state index in [4.69, 9.17) is 14.2 Å². The van der Waals surface area contributed by atoms with Crippen LogP contribution in [0.25, 0.3) is 0 Å². The van der Waals surface area contributed by atoms with Crippen molar-refractivity contribution in [1.82, 2.24) is 4.98 Å². The number of pyridine rings is 1. The highest BCUT2D eigenvalue weighted by atomic mass is 79.9. The van der Waals surface area contributed by atoms with E-state index in [0.717, 1.165) is 30.5 Å². The first-order chi connectivity index (χ1) is 7.79. The Labute approximate surface area is 103 Å². The molecule has 0 aliphatic carbocycles. The van der Waals surface area contributed by atoms with Gasteiger partial charge in [-0.15, -0.1) is 0 Å². The molecule has 88 valence electrons. The Morgan fingerprint density at radius 2 is 2.12 bits per heavy atom. The summed E-state index contributed by atoms with van der Waals surface area (Å²) in [6.45, 7) is 1.52. The van der Waals surface area contributed by atoms with E-state index >= 15 is 0 Å². The lowest BCUT2D eigenvalue weighted by Gasteiger charge is -2.22. The molecule has 1 fully saturated rings. The first kappa shape index (κ1) is 11.7. The average molecular weight is 288 g/mol. The summed E-state index contributed by atoms with van der Waals surface area (Å²) < 4.78 is 17.0. The van der Waals surface area contributed by atoms with Gasteiger partial charge >= 0.3 is 0 Å². The smallest absolute Gasteiger partial charge is 0.231 e. The topological polar surface area (TPSA) is 40.6 Å². The summed E-state index contributed by atoms with van der Waals surface area (Å²) in [6, 6.07) is 3.71. The van der Waals surface area contributed by atoms with Crippen molar-refractivity contribution in [3.8, 4) is 11.8 Å². The lowest BCUT2D eigenvalue weighted by Crippen LogP contribution is -2.26. The van der Waals surface area contributed by atoms with Crippen LogP contribution in [0.4, 0.5) is 0 Å². The molecule has 16 heavy (non-hydrogen) atoms. The van der Waals surface area contributed by atoms with Gasteiger partial charge in [0, 0.05) is 18.9 Å². The minimum Gasteiger partial charge on any atom is -0.480 e. The van der Waals surface area contributed by atoms with Crippen LogP contribution in [-0.4, -0.2) is 31.4 Å². The fourth-order valence-electron chi connectivity index (χ4n) is 1.58. The van der Waals surface area contributed by atoms with Crippen molar-refractivity contribution in [3.05, 3.63) is 16.6 Å². The van der Waals surface area contributed by atoms with Crippen LogP contribution in [0.15, 0.2) is 16.6 Å². The third-order valence-corrected chi connectivity index (χ3v) is 3.04. The van der Waals surface area contributed by atoms with Crippen LogP contribution in [0.3, 0.4) is 0 Å². The Morgan fingerprint density at radius 3 is 2.81 bits per heavy atom. The first-order valence-corrected chi connectivity index (χ1v) is 6.04. The predicted octanol–water partition coefficient (Wildman–Crippen LogP) is 2.41. The molecule has 0 atom stereocenters. The van der Waals surface area contributed by atoms with E-state index in [2.05, 4.69) is 20.9 Å². The van der Waals surface area contributed by atoms with Gasteiger partial charge in [-0.2, -0.15) is 4.98 Å². The molecule has 5 heteroatoms. The van der Waals surface area contributed by atoms with Gasteiger partial charge in [-0.1, -0.05) is 0 Å². The van der Waals surface area contributed by atoms with Crippen molar-refractivity contribution in [1.29, 1.82) is 0 Å². The van der Waals surface area contributed by atoms with Crippen LogP contribution >= 0.6 is 15.9 Å². The number of nitrogens with zero attached hydrogens (tertiary/aromatic N) is 1. The van der Waals surface area contributed by atoms with E-state index in [0.29, 0.717) is 11.8 Å². The maximum Gasteiger partial charge on any atom is 0.231 e. The molecule has 0 spiro atoms. The molecule has 0 aromatic carbocycles. The van der Waals surface area contributed by atoms with Crippen molar-refractivity contribution < 1.29 is 14.2 Å². The number of halogens is 1. The van der Waals surface area contributed by atoms with Crippen LogP contribution in [0, 0.1) is 0 Å². The molecule has 0 radical (unpaired) electrons. The van der Waals surface area contributed by atoms with Crippen LogP contribution < -0.4 is 9.47 Å². The van der Waals surface area contributed by atoms with Crippen molar-refractivity contribution in [2.45, 2.75) is 18.9 Å². The van der Waals surface area contributed by atoms with Crippen molar-refractivity contribution >= 4 is 15.9 Å². The molecule has 4 nitrogen and oxygen atoms in total. The Kier molecular flexibility index (Phi) is 4.01. The Bertz CT molecular complexity index is 353. The fraction of sp³-hybridized carbons (Fsp3) is 0.545. The Morgan fingerprint density at radius 1 is 1.38 bits per heavy atom. The molecule has 1 aliphatic rings. The predicted molar refractivity (Wildman–Crippen MR) is 63.0 cm³/mol. The zero-order chi connectivity index (χ0) is 11.4. The Hall–Kier alpha value is -0.810. The van der Waals surface area contributed by atoms with Crippen LogP contribution in [-0.2, 0) is 4.74 Å². The summed E-state index contributed by atoms with van der Waals surface area (Å²) in [5, 5.41) is 0. The zero-order valence-corrected chi connectivity index (χ0v) is 10.7. The second kappa shape index (κ2) is 5.50. The highest BCUT2D eigenvalue weighted by Crippen LogP contribution is 2.26. The van der Waals surface area contributed by atoms with E-state index in [-0.39, 0.29) is 6.10 Å². The minimum atomic E-state index is 0.201. The lowest BCUT2D eigenvalue weighted by atomic mass is 10.1. The highest BCUT2D eigenvalue weighted by Gasteiger charge is 2.16. The van der Waals surface area contributed by atoms with Gasteiger partial charge < -0.3 is 14.2 Å². The number of aromatic nitrogens is 1. The fourth-order valence-corrected chi connectivity index (χ4v) is 1.96. The summed E-state index contributed by atoms with van der Waals surface area (Å²) in [7, 11) is 1.59. The third-order valence-electron chi connectivity index (χ3n) is 2.44. The molecule has 1 aromatic heterocycles. The molecule has 2 heterocycles. The third kappa shape index (κ3) is 2.86. The number of ether oxygens (including phenoxy) is 3. The molecule has 0 amide bonds. The van der Waals surface area contributed by atoms with E-state index in [1.54, 1.807) is 7.11 Å². The van der Waals surface area contributed by atoms with Crippen molar-refractivity contribution in [2.75, 3.05) is 20.3 Å². The molecular formula is C11H14BrNO3. The van der Waals surface area contributed by atoms with Gasteiger partial charge in [-0.3, -0.25) is 0 Å². The van der Waals surface area contributed by atoms with Crippen molar-refractivity contribution in [2.24, 2.45) is 0 Å². The van der Waals surface area contributed by atoms with Gasteiger partial charge in [0.25, 0.3) is 0 Å². The molecule has 1 aromatic rings. The molecule has 0 bridgehead atoms. The number of hydrogen-bond acceptors (Lipinski definition) is 4. The quantitative estimate of drug-likeness (QED) is 0.856. The van der Waals surface area contributed by atoms with Crippen LogP contribution in [0.1, 0.15) is 12.8 Å².